The smallest absolute Gasteiger partial charge is 0.0835 e. The number of hydrogen-bond donors (Lipinski definition) is 1. The molecule has 116 valence electrons. The first-order chi connectivity index (χ1) is 10.3. The van der Waals surface area contributed by atoms with E-state index in [1.54, 1.807) is 0 Å². The van der Waals surface area contributed by atoms with Crippen LogP contribution in [-0.2, 0) is 4.74 Å². The lowest BCUT2D eigenvalue weighted by Crippen LogP contribution is -2.51. The average Bonchev–Trinajstić information content (AvgIpc) is 3.32. The Morgan fingerprint density at radius 3 is 2.43 bits per heavy atom. The molecule has 0 aliphatic heterocycles. The fourth-order valence-corrected chi connectivity index (χ4v) is 4.27. The summed E-state index contributed by atoms with van der Waals surface area (Å²) in [5, 5.41) is 0. The summed E-state index contributed by atoms with van der Waals surface area (Å²) in [5.41, 5.74) is 8.15. The standard InChI is InChI=1S/C19H29NO/c1-2-21-19(12-8-3-4-9-13-19)18(20)17-14-16(17)15-10-6-5-7-11-15/h5-7,10-11,16-18H,2-4,8-9,12-14,20H2,1H3. The lowest BCUT2D eigenvalue weighted by atomic mass is 9.83. The van der Waals surface area contributed by atoms with E-state index in [0.717, 1.165) is 19.4 Å². The van der Waals surface area contributed by atoms with Crippen LogP contribution in [0.1, 0.15) is 63.4 Å². The molecule has 1 aromatic carbocycles. The molecule has 2 fully saturated rings. The van der Waals surface area contributed by atoms with Crippen LogP contribution in [-0.4, -0.2) is 18.2 Å². The van der Waals surface area contributed by atoms with Crippen LogP contribution in [0, 0.1) is 5.92 Å². The molecule has 1 aromatic rings. The van der Waals surface area contributed by atoms with Crippen molar-refractivity contribution in [2.45, 2.75) is 69.4 Å². The molecule has 0 amide bonds. The zero-order chi connectivity index (χ0) is 14.7. The Morgan fingerprint density at radius 2 is 1.81 bits per heavy atom. The van der Waals surface area contributed by atoms with Crippen LogP contribution in [0.2, 0.25) is 0 Å². The maximum absolute atomic E-state index is 6.75. The minimum atomic E-state index is -0.0561. The number of hydrogen-bond acceptors (Lipinski definition) is 2. The van der Waals surface area contributed by atoms with Gasteiger partial charge >= 0.3 is 0 Å². The Kier molecular flexibility index (Phi) is 4.66. The van der Waals surface area contributed by atoms with Crippen molar-refractivity contribution >= 4 is 0 Å². The van der Waals surface area contributed by atoms with Gasteiger partial charge in [0.05, 0.1) is 5.60 Å². The lowest BCUT2D eigenvalue weighted by Gasteiger charge is -2.38. The van der Waals surface area contributed by atoms with Crippen molar-refractivity contribution in [3.05, 3.63) is 35.9 Å². The van der Waals surface area contributed by atoms with Gasteiger partial charge in [-0.05, 0) is 43.6 Å². The molecule has 21 heavy (non-hydrogen) atoms. The Hall–Kier alpha value is -0.860. The van der Waals surface area contributed by atoms with E-state index in [0.29, 0.717) is 11.8 Å². The van der Waals surface area contributed by atoms with E-state index >= 15 is 0 Å². The number of nitrogens with two attached hydrogens (primary N) is 1. The van der Waals surface area contributed by atoms with Gasteiger partial charge in [-0.15, -0.1) is 0 Å². The molecule has 3 unspecified atom stereocenters. The van der Waals surface area contributed by atoms with Gasteiger partial charge in [-0.25, -0.2) is 0 Å². The number of ether oxygens (including phenoxy) is 1. The average molecular weight is 287 g/mol. The molecule has 2 nitrogen and oxygen atoms in total. The summed E-state index contributed by atoms with van der Waals surface area (Å²) in [5.74, 6) is 1.26. The zero-order valence-electron chi connectivity index (χ0n) is 13.3. The summed E-state index contributed by atoms with van der Waals surface area (Å²) in [7, 11) is 0. The van der Waals surface area contributed by atoms with Gasteiger partial charge in [-0.1, -0.05) is 56.0 Å². The molecule has 2 aliphatic carbocycles. The third-order valence-corrected chi connectivity index (χ3v) is 5.52. The van der Waals surface area contributed by atoms with Gasteiger partial charge in [0.2, 0.25) is 0 Å². The summed E-state index contributed by atoms with van der Waals surface area (Å²) < 4.78 is 6.27. The molecule has 0 spiro atoms. The molecule has 3 rings (SSSR count). The molecular formula is C19H29NO. The molecule has 0 bridgehead atoms. The number of rotatable bonds is 5. The van der Waals surface area contributed by atoms with Crippen molar-refractivity contribution in [2.24, 2.45) is 11.7 Å². The second-order valence-corrected chi connectivity index (χ2v) is 6.85. The molecule has 2 saturated carbocycles. The second kappa shape index (κ2) is 6.50. The zero-order valence-corrected chi connectivity index (χ0v) is 13.3. The van der Waals surface area contributed by atoms with Crippen LogP contribution in [0.25, 0.3) is 0 Å². The van der Waals surface area contributed by atoms with Crippen molar-refractivity contribution in [1.29, 1.82) is 0 Å². The Labute approximate surface area is 129 Å². The van der Waals surface area contributed by atoms with Crippen molar-refractivity contribution < 1.29 is 4.74 Å². The van der Waals surface area contributed by atoms with Gasteiger partial charge in [-0.2, -0.15) is 0 Å². The fraction of sp³-hybridized carbons (Fsp3) is 0.684. The van der Waals surface area contributed by atoms with E-state index in [1.807, 2.05) is 0 Å². The van der Waals surface area contributed by atoms with Crippen molar-refractivity contribution in [1.82, 2.24) is 0 Å². The highest BCUT2D eigenvalue weighted by molar-refractivity contribution is 5.27. The van der Waals surface area contributed by atoms with Gasteiger partial charge in [0.1, 0.15) is 0 Å². The number of benzene rings is 1. The molecule has 0 aromatic heterocycles. The van der Waals surface area contributed by atoms with Crippen LogP contribution >= 0.6 is 0 Å². The normalized spacial score (nSPS) is 29.6. The van der Waals surface area contributed by atoms with Crippen molar-refractivity contribution in [2.75, 3.05) is 6.61 Å². The molecular weight excluding hydrogens is 258 g/mol. The third-order valence-electron chi connectivity index (χ3n) is 5.52. The summed E-state index contributed by atoms with van der Waals surface area (Å²) in [6.45, 7) is 2.90. The van der Waals surface area contributed by atoms with Crippen molar-refractivity contribution in [3.8, 4) is 0 Å². The van der Waals surface area contributed by atoms with Crippen molar-refractivity contribution in [3.63, 3.8) is 0 Å². The van der Waals surface area contributed by atoms with Crippen LogP contribution < -0.4 is 5.73 Å². The predicted octanol–water partition coefficient (Wildman–Crippen LogP) is 4.25. The van der Waals surface area contributed by atoms with Gasteiger partial charge in [0, 0.05) is 12.6 Å². The SMILES string of the molecule is CCOC1(C(N)C2CC2c2ccccc2)CCCCCC1. The van der Waals surface area contributed by atoms with Gasteiger partial charge < -0.3 is 10.5 Å². The van der Waals surface area contributed by atoms with Gasteiger partial charge in [0.25, 0.3) is 0 Å². The Balaban J connectivity index is 1.72. The summed E-state index contributed by atoms with van der Waals surface area (Å²) in [6.07, 6.45) is 8.77. The van der Waals surface area contributed by atoms with Crippen LogP contribution in [0.4, 0.5) is 0 Å². The molecule has 0 saturated heterocycles. The first kappa shape index (κ1) is 15.1. The summed E-state index contributed by atoms with van der Waals surface area (Å²) >= 11 is 0. The van der Waals surface area contributed by atoms with Crippen LogP contribution in [0.3, 0.4) is 0 Å². The highest BCUT2D eigenvalue weighted by Crippen LogP contribution is 2.53. The maximum atomic E-state index is 6.75. The molecule has 2 heteroatoms. The molecule has 2 aliphatic rings. The first-order valence-electron chi connectivity index (χ1n) is 8.71. The predicted molar refractivity (Wildman–Crippen MR) is 87.3 cm³/mol. The Morgan fingerprint density at radius 1 is 1.14 bits per heavy atom. The Bertz CT molecular complexity index is 436. The van der Waals surface area contributed by atoms with E-state index < -0.39 is 0 Å². The first-order valence-corrected chi connectivity index (χ1v) is 8.71. The second-order valence-electron chi connectivity index (χ2n) is 6.85. The molecule has 2 N–H and O–H groups in total. The lowest BCUT2D eigenvalue weighted by molar-refractivity contribution is -0.0733. The third kappa shape index (κ3) is 3.17. The summed E-state index contributed by atoms with van der Waals surface area (Å²) in [6, 6.07) is 11.1. The van der Waals surface area contributed by atoms with E-state index in [2.05, 4.69) is 37.3 Å². The minimum absolute atomic E-state index is 0.0561. The molecule has 0 radical (unpaired) electrons. The van der Waals surface area contributed by atoms with E-state index in [9.17, 15) is 0 Å². The van der Waals surface area contributed by atoms with Gasteiger partial charge in [0.15, 0.2) is 0 Å². The highest BCUT2D eigenvalue weighted by Gasteiger charge is 2.51. The van der Waals surface area contributed by atoms with E-state index in [-0.39, 0.29) is 11.6 Å². The van der Waals surface area contributed by atoms with Crippen LogP contribution in [0.5, 0.6) is 0 Å². The highest BCUT2D eigenvalue weighted by atomic mass is 16.5. The maximum Gasteiger partial charge on any atom is 0.0835 e. The minimum Gasteiger partial charge on any atom is -0.374 e. The quantitative estimate of drug-likeness (QED) is 0.822. The topological polar surface area (TPSA) is 35.2 Å². The largest absolute Gasteiger partial charge is 0.374 e. The van der Waals surface area contributed by atoms with E-state index in [1.165, 1.54) is 37.7 Å². The van der Waals surface area contributed by atoms with E-state index in [4.69, 9.17) is 10.5 Å². The molecule has 3 atom stereocenters. The fourth-order valence-electron chi connectivity index (χ4n) is 4.27. The molecule has 0 heterocycles. The summed E-state index contributed by atoms with van der Waals surface area (Å²) in [4.78, 5) is 0. The van der Waals surface area contributed by atoms with Crippen LogP contribution in [0.15, 0.2) is 30.3 Å². The monoisotopic (exact) mass is 287 g/mol. The van der Waals surface area contributed by atoms with Gasteiger partial charge in [-0.3, -0.25) is 0 Å².